The van der Waals surface area contributed by atoms with E-state index in [1.54, 1.807) is 19.1 Å². The van der Waals surface area contributed by atoms with Gasteiger partial charge in [-0.15, -0.1) is 0 Å². The number of hydrogen-bond donors (Lipinski definition) is 2. The number of hydrogen-bond acceptors (Lipinski definition) is 3. The molecule has 0 heterocycles. The molecule has 0 spiro atoms. The third kappa shape index (κ3) is 3.49. The summed E-state index contributed by atoms with van der Waals surface area (Å²) < 4.78 is 13.5. The van der Waals surface area contributed by atoms with Gasteiger partial charge in [-0.2, -0.15) is 0 Å². The maximum atomic E-state index is 13.5. The number of rotatable bonds is 4. The quantitative estimate of drug-likeness (QED) is 0.738. The summed E-state index contributed by atoms with van der Waals surface area (Å²) in [6, 6.07) is 4.96. The first-order valence-electron chi connectivity index (χ1n) is 4.90. The van der Waals surface area contributed by atoms with Crippen molar-refractivity contribution < 1.29 is 9.50 Å². The smallest absolute Gasteiger partial charge is 0.150 e. The summed E-state index contributed by atoms with van der Waals surface area (Å²) in [6.07, 6.45) is -0.417. The summed E-state index contributed by atoms with van der Waals surface area (Å²) in [5, 5.41) is 9.16. The van der Waals surface area contributed by atoms with Gasteiger partial charge in [-0.05, 0) is 20.0 Å². The van der Waals surface area contributed by atoms with Crippen LogP contribution in [0.1, 0.15) is 12.5 Å². The van der Waals surface area contributed by atoms with E-state index in [0.717, 1.165) is 0 Å². The predicted molar refractivity (Wildman–Crippen MR) is 58.8 cm³/mol. The molecule has 0 amide bonds. The molecular formula is C11H17FN2O. The number of likely N-dealkylation sites (N-methyl/N-ethyl adjacent to an activating group) is 1. The van der Waals surface area contributed by atoms with Gasteiger partial charge < -0.3 is 10.8 Å². The lowest BCUT2D eigenvalue weighted by atomic mass is 10.1. The Morgan fingerprint density at radius 1 is 1.53 bits per heavy atom. The van der Waals surface area contributed by atoms with Crippen molar-refractivity contribution in [1.82, 2.24) is 4.90 Å². The molecule has 1 rings (SSSR count). The Morgan fingerprint density at radius 2 is 2.20 bits per heavy atom. The molecule has 1 atom stereocenters. The molecule has 15 heavy (non-hydrogen) atoms. The number of nitrogen functional groups attached to an aromatic ring is 1. The summed E-state index contributed by atoms with van der Waals surface area (Å²) >= 11 is 0. The van der Waals surface area contributed by atoms with Crippen LogP contribution in [0.2, 0.25) is 0 Å². The molecule has 0 saturated carbocycles. The molecule has 84 valence electrons. The number of nitrogens with two attached hydrogens (primary N) is 1. The van der Waals surface area contributed by atoms with Gasteiger partial charge in [0.05, 0.1) is 11.8 Å². The Labute approximate surface area is 89.3 Å². The van der Waals surface area contributed by atoms with E-state index in [4.69, 9.17) is 10.8 Å². The third-order valence-corrected chi connectivity index (χ3v) is 2.12. The van der Waals surface area contributed by atoms with Gasteiger partial charge in [0.15, 0.2) is 5.82 Å². The fourth-order valence-corrected chi connectivity index (χ4v) is 1.53. The van der Waals surface area contributed by atoms with Crippen molar-refractivity contribution >= 4 is 5.69 Å². The first kappa shape index (κ1) is 11.9. The van der Waals surface area contributed by atoms with Gasteiger partial charge in [-0.3, -0.25) is 4.90 Å². The third-order valence-electron chi connectivity index (χ3n) is 2.12. The molecule has 0 bridgehead atoms. The number of aliphatic hydroxyl groups is 1. The maximum absolute atomic E-state index is 13.5. The van der Waals surface area contributed by atoms with Crippen molar-refractivity contribution in [3.05, 3.63) is 29.6 Å². The monoisotopic (exact) mass is 212 g/mol. The molecule has 0 aliphatic heterocycles. The molecule has 0 fully saturated rings. The number of benzene rings is 1. The summed E-state index contributed by atoms with van der Waals surface area (Å²) in [5.74, 6) is -0.366. The minimum absolute atomic E-state index is 0.165. The number of halogens is 1. The van der Waals surface area contributed by atoms with Crippen molar-refractivity contribution in [2.75, 3.05) is 19.3 Å². The fraction of sp³-hybridized carbons (Fsp3) is 0.455. The Bertz CT molecular complexity index is 328. The molecule has 3 nitrogen and oxygen atoms in total. The first-order chi connectivity index (χ1) is 7.00. The lowest BCUT2D eigenvalue weighted by molar-refractivity contribution is 0.138. The molecule has 0 aliphatic carbocycles. The topological polar surface area (TPSA) is 49.5 Å². The zero-order valence-corrected chi connectivity index (χ0v) is 9.07. The van der Waals surface area contributed by atoms with Gasteiger partial charge in [0.1, 0.15) is 0 Å². The minimum Gasteiger partial charge on any atom is -0.396 e. The van der Waals surface area contributed by atoms with Gasteiger partial charge in [-0.1, -0.05) is 12.1 Å². The van der Waals surface area contributed by atoms with Gasteiger partial charge in [0.2, 0.25) is 0 Å². The van der Waals surface area contributed by atoms with E-state index in [1.807, 2.05) is 11.9 Å². The van der Waals surface area contributed by atoms with Crippen LogP contribution in [0.4, 0.5) is 10.1 Å². The normalized spacial score (nSPS) is 13.1. The lowest BCUT2D eigenvalue weighted by Gasteiger charge is -2.18. The molecule has 4 heteroatoms. The van der Waals surface area contributed by atoms with Crippen molar-refractivity contribution in [2.24, 2.45) is 0 Å². The van der Waals surface area contributed by atoms with Crippen LogP contribution in [-0.4, -0.2) is 29.7 Å². The van der Waals surface area contributed by atoms with Crippen LogP contribution in [0.15, 0.2) is 18.2 Å². The molecular weight excluding hydrogens is 195 g/mol. The van der Waals surface area contributed by atoms with Gasteiger partial charge in [0, 0.05) is 18.7 Å². The first-order valence-corrected chi connectivity index (χ1v) is 4.90. The van der Waals surface area contributed by atoms with Crippen molar-refractivity contribution in [3.63, 3.8) is 0 Å². The second-order valence-corrected chi connectivity index (χ2v) is 3.87. The zero-order chi connectivity index (χ0) is 11.4. The molecule has 1 aromatic rings. The van der Waals surface area contributed by atoms with Gasteiger partial charge in [0.25, 0.3) is 0 Å². The summed E-state index contributed by atoms with van der Waals surface area (Å²) in [6.45, 7) is 2.65. The summed E-state index contributed by atoms with van der Waals surface area (Å²) in [4.78, 5) is 1.85. The van der Waals surface area contributed by atoms with E-state index in [0.29, 0.717) is 18.7 Å². The van der Waals surface area contributed by atoms with E-state index < -0.39 is 6.10 Å². The molecule has 0 saturated heterocycles. The van der Waals surface area contributed by atoms with Crippen molar-refractivity contribution in [2.45, 2.75) is 19.6 Å². The van der Waals surface area contributed by atoms with Gasteiger partial charge in [-0.25, -0.2) is 4.39 Å². The van der Waals surface area contributed by atoms with E-state index >= 15 is 0 Å². The Balaban J connectivity index is 2.68. The second-order valence-electron chi connectivity index (χ2n) is 3.87. The van der Waals surface area contributed by atoms with Crippen LogP contribution in [0.3, 0.4) is 0 Å². The van der Waals surface area contributed by atoms with Gasteiger partial charge >= 0.3 is 0 Å². The minimum atomic E-state index is -0.417. The van der Waals surface area contributed by atoms with Crippen molar-refractivity contribution in [1.29, 1.82) is 0 Å². The van der Waals surface area contributed by atoms with Crippen LogP contribution in [0.25, 0.3) is 0 Å². The number of nitrogens with zero attached hydrogens (tertiary/aromatic N) is 1. The van der Waals surface area contributed by atoms with Crippen LogP contribution in [0, 0.1) is 5.82 Å². The highest BCUT2D eigenvalue weighted by atomic mass is 19.1. The SMILES string of the molecule is CC(O)CN(C)Cc1cccc(N)c1F. The Kier molecular flexibility index (Phi) is 4.05. The summed E-state index contributed by atoms with van der Waals surface area (Å²) in [7, 11) is 1.83. The highest BCUT2D eigenvalue weighted by molar-refractivity contribution is 5.42. The van der Waals surface area contributed by atoms with E-state index in [9.17, 15) is 4.39 Å². The van der Waals surface area contributed by atoms with E-state index in [1.165, 1.54) is 6.07 Å². The number of aliphatic hydroxyl groups excluding tert-OH is 1. The Morgan fingerprint density at radius 3 is 2.80 bits per heavy atom. The molecule has 3 N–H and O–H groups in total. The molecule has 1 aromatic carbocycles. The molecule has 0 aliphatic rings. The van der Waals surface area contributed by atoms with E-state index in [-0.39, 0.29) is 11.5 Å². The molecule has 0 radical (unpaired) electrons. The molecule has 0 aromatic heterocycles. The van der Waals surface area contributed by atoms with E-state index in [2.05, 4.69) is 0 Å². The average molecular weight is 212 g/mol. The van der Waals surface area contributed by atoms with Crippen LogP contribution in [0.5, 0.6) is 0 Å². The lowest BCUT2D eigenvalue weighted by Crippen LogP contribution is -2.27. The number of anilines is 1. The van der Waals surface area contributed by atoms with Crippen LogP contribution >= 0.6 is 0 Å². The average Bonchev–Trinajstić information content (AvgIpc) is 2.11. The largest absolute Gasteiger partial charge is 0.396 e. The zero-order valence-electron chi connectivity index (χ0n) is 9.07. The Hall–Kier alpha value is -1.13. The highest BCUT2D eigenvalue weighted by Gasteiger charge is 2.09. The summed E-state index contributed by atoms with van der Waals surface area (Å²) in [5.41, 5.74) is 6.17. The standard InChI is InChI=1S/C11H17FN2O/c1-8(15)6-14(2)7-9-4-3-5-10(13)11(9)12/h3-5,8,15H,6-7,13H2,1-2H3. The van der Waals surface area contributed by atoms with Crippen LogP contribution < -0.4 is 5.73 Å². The highest BCUT2D eigenvalue weighted by Crippen LogP contribution is 2.15. The fourth-order valence-electron chi connectivity index (χ4n) is 1.53. The predicted octanol–water partition coefficient (Wildman–Crippen LogP) is 1.22. The maximum Gasteiger partial charge on any atom is 0.150 e. The van der Waals surface area contributed by atoms with Crippen LogP contribution in [-0.2, 0) is 6.54 Å². The second kappa shape index (κ2) is 5.09. The molecule has 1 unspecified atom stereocenters. The van der Waals surface area contributed by atoms with Crippen molar-refractivity contribution in [3.8, 4) is 0 Å².